The van der Waals surface area contributed by atoms with Crippen LogP contribution in [0, 0.1) is 0 Å². The van der Waals surface area contributed by atoms with Gasteiger partial charge in [-0.05, 0) is 103 Å². The largest absolute Gasteiger partial charge is 0.472 e. The fraction of sp³-hybridized carbons (Fsp3) is 0.700. The molecule has 0 heterocycles. The van der Waals surface area contributed by atoms with Gasteiger partial charge in [-0.15, -0.1) is 0 Å². The molecule has 0 aliphatic rings. The Labute approximate surface area is 488 Å². The predicted octanol–water partition coefficient (Wildman–Crippen LogP) is 20.5. The third kappa shape index (κ3) is 62.4. The van der Waals surface area contributed by atoms with E-state index >= 15 is 0 Å². The van der Waals surface area contributed by atoms with Crippen LogP contribution >= 0.6 is 7.82 Å². The zero-order valence-electron chi connectivity index (χ0n) is 51.8. The highest BCUT2D eigenvalue weighted by Crippen LogP contribution is 2.43. The third-order valence-corrected chi connectivity index (χ3v) is 14.9. The maximum absolute atomic E-state index is 13.0. The Balaban J connectivity index is 4.27. The number of unbranched alkanes of at least 4 members (excludes halogenated alkanes) is 27. The number of carbonyl (C=O) groups is 1. The molecule has 0 aromatic heterocycles. The van der Waals surface area contributed by atoms with Crippen LogP contribution in [0.25, 0.3) is 0 Å². The Morgan fingerprint density at radius 1 is 0.443 bits per heavy atom. The van der Waals surface area contributed by atoms with Gasteiger partial charge in [-0.25, -0.2) is 4.57 Å². The lowest BCUT2D eigenvalue weighted by Crippen LogP contribution is -2.45. The molecule has 0 radical (unpaired) electrons. The summed E-state index contributed by atoms with van der Waals surface area (Å²) in [6, 6.07) is -0.887. The van der Waals surface area contributed by atoms with E-state index in [-0.39, 0.29) is 19.1 Å². The topological polar surface area (TPSA) is 105 Å². The average Bonchev–Trinajstić information content (AvgIpc) is 3.42. The van der Waals surface area contributed by atoms with Gasteiger partial charge in [0.05, 0.1) is 39.9 Å². The summed E-state index contributed by atoms with van der Waals surface area (Å²) in [6.45, 7) is 4.67. The smallest absolute Gasteiger partial charge is 0.387 e. The minimum Gasteiger partial charge on any atom is -0.387 e. The van der Waals surface area contributed by atoms with Crippen LogP contribution in [0.2, 0.25) is 0 Å². The summed E-state index contributed by atoms with van der Waals surface area (Å²) in [6.07, 6.45) is 89.0. The number of allylic oxidation sites excluding steroid dienone is 19. The molecule has 79 heavy (non-hydrogen) atoms. The highest BCUT2D eigenvalue weighted by Gasteiger charge is 2.27. The Morgan fingerprint density at radius 3 is 1.16 bits per heavy atom. The summed E-state index contributed by atoms with van der Waals surface area (Å²) in [7, 11) is 1.52. The molecular weight excluding hydrogens is 996 g/mol. The molecule has 0 aliphatic heterocycles. The van der Waals surface area contributed by atoms with Gasteiger partial charge < -0.3 is 19.8 Å². The van der Waals surface area contributed by atoms with E-state index in [0.29, 0.717) is 17.4 Å². The van der Waals surface area contributed by atoms with Gasteiger partial charge >= 0.3 is 7.82 Å². The predicted molar refractivity (Wildman–Crippen MR) is 345 cm³/mol. The summed E-state index contributed by atoms with van der Waals surface area (Å²) in [4.78, 5) is 23.4. The number of rotatable bonds is 58. The van der Waals surface area contributed by atoms with E-state index in [2.05, 4.69) is 129 Å². The quantitative estimate of drug-likeness (QED) is 0.0243. The lowest BCUT2D eigenvalue weighted by Gasteiger charge is -2.25. The molecule has 454 valence electrons. The number of aliphatic hydroxyl groups is 1. The normalized spacial score (nSPS) is 14.6. The molecule has 0 saturated heterocycles. The van der Waals surface area contributed by atoms with Crippen LogP contribution in [-0.2, 0) is 18.4 Å². The monoisotopic (exact) mass is 1120 g/mol. The summed E-state index contributed by atoms with van der Waals surface area (Å²) < 4.78 is 23.7. The molecule has 1 amide bonds. The standard InChI is InChI=1S/C70H123N2O6P/c1-6-8-10-12-14-16-18-20-22-24-26-28-30-32-34-36-38-40-42-44-46-48-50-52-54-56-58-60-62-64-70(74)71-68(67-78-79(75,76)77-66-65-72(3,4)5)69(73)63-61-59-57-55-53-51-49-47-45-43-41-39-37-35-33-31-29-27-25-23-21-19-17-15-13-11-9-7-2/h8,10,14,16,20,22,26,28,32,34,38,40,44-47,53,55,61,63,68-69,73H,6-7,9,11-13,15,17-19,21,23-25,27,29-31,33,35-37,39,41-43,48-52,54,56-60,62,64-67H2,1-5H3,(H-,71,74,75,76)/p+1/b10-8-,16-14-,22-20-,28-26-,34-32-,40-38-,46-44-,47-45+,55-53+,63-61+. The number of nitrogens with one attached hydrogen (secondary N) is 1. The van der Waals surface area contributed by atoms with Gasteiger partial charge in [0, 0.05) is 6.42 Å². The van der Waals surface area contributed by atoms with Gasteiger partial charge in [0.25, 0.3) is 0 Å². The minimum atomic E-state index is -4.38. The SMILES string of the molecule is CC/C=C\C/C=C\C/C=C\C/C=C\C/C=C\C/C=C\C/C=C\CCCCCCCCCC(=O)NC(COP(=O)(O)OCC[N+](C)(C)C)C(O)/C=C/CC/C=C/CC/C=C/CCCCCCCCCCCCCCCCCCCC. The molecule has 8 nitrogen and oxygen atoms in total. The molecule has 0 spiro atoms. The Morgan fingerprint density at radius 2 is 0.772 bits per heavy atom. The minimum absolute atomic E-state index is 0.0446. The van der Waals surface area contributed by atoms with E-state index in [0.717, 1.165) is 103 Å². The van der Waals surface area contributed by atoms with Crippen LogP contribution in [-0.4, -0.2) is 73.4 Å². The molecule has 0 bridgehead atoms. The van der Waals surface area contributed by atoms with E-state index in [1.807, 2.05) is 27.2 Å². The maximum atomic E-state index is 13.0. The van der Waals surface area contributed by atoms with Crippen molar-refractivity contribution < 1.29 is 32.9 Å². The first-order valence-electron chi connectivity index (χ1n) is 32.4. The van der Waals surface area contributed by atoms with Crippen molar-refractivity contribution in [1.82, 2.24) is 5.32 Å². The molecule has 0 aromatic carbocycles. The Bertz CT molecular complexity index is 1700. The molecule has 0 saturated carbocycles. The van der Waals surface area contributed by atoms with Gasteiger partial charge in [0.2, 0.25) is 5.91 Å². The highest BCUT2D eigenvalue weighted by molar-refractivity contribution is 7.47. The van der Waals surface area contributed by atoms with Crippen molar-refractivity contribution in [3.8, 4) is 0 Å². The van der Waals surface area contributed by atoms with E-state index in [4.69, 9.17) is 9.05 Å². The summed E-state index contributed by atoms with van der Waals surface area (Å²) in [5, 5.41) is 13.9. The van der Waals surface area contributed by atoms with Crippen molar-refractivity contribution in [1.29, 1.82) is 0 Å². The van der Waals surface area contributed by atoms with E-state index in [9.17, 15) is 19.4 Å². The molecular formula is C70H124N2O6P+. The first-order valence-corrected chi connectivity index (χ1v) is 33.9. The highest BCUT2D eigenvalue weighted by atomic mass is 31.2. The Kier molecular flexibility index (Phi) is 57.2. The third-order valence-electron chi connectivity index (χ3n) is 13.9. The molecule has 0 aliphatic carbocycles. The van der Waals surface area contributed by atoms with Gasteiger partial charge in [0.1, 0.15) is 13.2 Å². The maximum Gasteiger partial charge on any atom is 0.472 e. The fourth-order valence-corrected chi connectivity index (χ4v) is 9.61. The average molecular weight is 1120 g/mol. The van der Waals surface area contributed by atoms with Crippen molar-refractivity contribution in [3.63, 3.8) is 0 Å². The van der Waals surface area contributed by atoms with Crippen LogP contribution in [0.15, 0.2) is 122 Å². The van der Waals surface area contributed by atoms with Gasteiger partial charge in [-0.1, -0.05) is 277 Å². The molecule has 0 rings (SSSR count). The van der Waals surface area contributed by atoms with Crippen molar-refractivity contribution in [2.24, 2.45) is 0 Å². The van der Waals surface area contributed by atoms with E-state index in [1.165, 1.54) is 141 Å². The number of amides is 1. The number of nitrogens with zero attached hydrogens (tertiary/aromatic N) is 1. The molecule has 3 atom stereocenters. The molecule has 3 N–H and O–H groups in total. The zero-order valence-corrected chi connectivity index (χ0v) is 52.7. The lowest BCUT2D eigenvalue weighted by molar-refractivity contribution is -0.870. The number of aliphatic hydroxyl groups excluding tert-OH is 1. The number of likely N-dealkylation sites (N-methyl/N-ethyl adjacent to an activating group) is 1. The number of carbonyl (C=O) groups excluding carboxylic acids is 1. The summed E-state index contributed by atoms with van der Waals surface area (Å²) >= 11 is 0. The second kappa shape index (κ2) is 59.5. The summed E-state index contributed by atoms with van der Waals surface area (Å²) in [5.41, 5.74) is 0. The fourth-order valence-electron chi connectivity index (χ4n) is 8.88. The van der Waals surface area contributed by atoms with Crippen molar-refractivity contribution >= 4 is 13.7 Å². The second-order valence-electron chi connectivity index (χ2n) is 22.7. The Hall–Kier alpha value is -3.10. The van der Waals surface area contributed by atoms with Gasteiger partial charge in [-0.2, -0.15) is 0 Å². The van der Waals surface area contributed by atoms with Gasteiger partial charge in [-0.3, -0.25) is 13.8 Å². The van der Waals surface area contributed by atoms with E-state index < -0.39 is 20.0 Å². The van der Waals surface area contributed by atoms with Crippen molar-refractivity contribution in [2.45, 2.75) is 276 Å². The molecule has 3 unspecified atom stereocenters. The number of phosphoric acid groups is 1. The first kappa shape index (κ1) is 75.9. The summed E-state index contributed by atoms with van der Waals surface area (Å²) in [5.74, 6) is -0.206. The van der Waals surface area contributed by atoms with Crippen LogP contribution in [0.3, 0.4) is 0 Å². The van der Waals surface area contributed by atoms with Crippen LogP contribution in [0.5, 0.6) is 0 Å². The van der Waals surface area contributed by atoms with Crippen LogP contribution in [0.4, 0.5) is 0 Å². The number of quaternary nitrogens is 1. The van der Waals surface area contributed by atoms with Crippen molar-refractivity contribution in [2.75, 3.05) is 40.9 Å². The van der Waals surface area contributed by atoms with E-state index in [1.54, 1.807) is 6.08 Å². The first-order chi connectivity index (χ1) is 38.5. The second-order valence-corrected chi connectivity index (χ2v) is 24.2. The van der Waals surface area contributed by atoms with Crippen molar-refractivity contribution in [3.05, 3.63) is 122 Å². The number of hydrogen-bond acceptors (Lipinski definition) is 5. The number of phosphoric ester groups is 1. The molecule has 0 fully saturated rings. The van der Waals surface area contributed by atoms with Gasteiger partial charge in [0.15, 0.2) is 0 Å². The molecule has 9 heteroatoms. The van der Waals surface area contributed by atoms with Crippen LogP contribution < -0.4 is 5.32 Å². The number of hydrogen-bond donors (Lipinski definition) is 3. The zero-order chi connectivity index (χ0) is 57.7. The molecule has 0 aromatic rings. The van der Waals surface area contributed by atoms with Crippen LogP contribution in [0.1, 0.15) is 264 Å². The lowest BCUT2D eigenvalue weighted by atomic mass is 10.0.